The molecule has 1 saturated heterocycles. The van der Waals surface area contributed by atoms with E-state index in [0.29, 0.717) is 38.7 Å². The van der Waals surface area contributed by atoms with Crippen LogP contribution in [0.5, 0.6) is 0 Å². The fraction of sp³-hybridized carbons (Fsp3) is 0.375. The van der Waals surface area contributed by atoms with Crippen LogP contribution < -0.4 is 20.4 Å². The molecule has 4 heterocycles. The van der Waals surface area contributed by atoms with Crippen molar-refractivity contribution >= 4 is 23.4 Å². The Hall–Kier alpha value is -3.79. The maximum atomic E-state index is 11.8. The van der Waals surface area contributed by atoms with Gasteiger partial charge in [-0.25, -0.2) is 24.7 Å². The molecule has 2 N–H and O–H groups in total. The number of carbonyl (C=O) groups is 1. The van der Waals surface area contributed by atoms with Crippen LogP contribution >= 0.6 is 0 Å². The molecule has 2 aliphatic rings. The van der Waals surface area contributed by atoms with Crippen molar-refractivity contribution in [1.29, 1.82) is 0 Å². The zero-order valence-corrected chi connectivity index (χ0v) is 19.4. The Morgan fingerprint density at radius 3 is 2.59 bits per heavy atom. The molecule has 0 atom stereocenters. The standard InChI is InChI=1S/C24H28N8O2/c1-3-25-24(33)28-18-6-4-17(5-7-18)22-29-20-14-32(21-12-16(2)26-15-27-21)13-19(20)23(30-22)31-8-10-34-11-9-31/h4-7,12,15H,3,8-11,13-14H2,1-2H3,(H2,25,28,33). The molecule has 0 radical (unpaired) electrons. The fourth-order valence-corrected chi connectivity index (χ4v) is 4.22. The first kappa shape index (κ1) is 22.0. The van der Waals surface area contributed by atoms with E-state index in [2.05, 4.69) is 30.4 Å². The van der Waals surface area contributed by atoms with Crippen LogP contribution in [0.3, 0.4) is 0 Å². The molecule has 10 nitrogen and oxygen atoms in total. The second kappa shape index (κ2) is 9.60. The molecule has 1 fully saturated rings. The first-order valence-corrected chi connectivity index (χ1v) is 11.5. The van der Waals surface area contributed by atoms with Gasteiger partial charge in [-0.05, 0) is 38.1 Å². The molecule has 2 amide bonds. The Balaban J connectivity index is 1.46. The maximum absolute atomic E-state index is 11.8. The molecule has 2 aliphatic heterocycles. The van der Waals surface area contributed by atoms with Crippen LogP contribution in [0.25, 0.3) is 11.4 Å². The molecule has 0 saturated carbocycles. The molecule has 0 spiro atoms. The molecule has 3 aromatic rings. The monoisotopic (exact) mass is 460 g/mol. The highest BCUT2D eigenvalue weighted by molar-refractivity contribution is 5.89. The van der Waals surface area contributed by atoms with E-state index in [9.17, 15) is 4.79 Å². The van der Waals surface area contributed by atoms with Gasteiger partial charge in [-0.3, -0.25) is 0 Å². The van der Waals surface area contributed by atoms with Crippen LogP contribution in [-0.4, -0.2) is 58.8 Å². The lowest BCUT2D eigenvalue weighted by molar-refractivity contribution is 0.122. The summed E-state index contributed by atoms with van der Waals surface area (Å²) >= 11 is 0. The minimum Gasteiger partial charge on any atom is -0.378 e. The van der Waals surface area contributed by atoms with Crippen LogP contribution in [-0.2, 0) is 17.8 Å². The Bertz CT molecular complexity index is 1180. The van der Waals surface area contributed by atoms with Gasteiger partial charge in [-0.1, -0.05) is 0 Å². The van der Waals surface area contributed by atoms with E-state index in [0.717, 1.165) is 52.9 Å². The number of hydrogen-bond donors (Lipinski definition) is 2. The number of fused-ring (bicyclic) bond motifs is 1. The number of anilines is 3. The van der Waals surface area contributed by atoms with Crippen LogP contribution in [0.1, 0.15) is 23.9 Å². The van der Waals surface area contributed by atoms with E-state index in [4.69, 9.17) is 14.7 Å². The molecule has 10 heteroatoms. The van der Waals surface area contributed by atoms with Crippen molar-refractivity contribution in [3.63, 3.8) is 0 Å². The van der Waals surface area contributed by atoms with E-state index in [1.165, 1.54) is 0 Å². The second-order valence-electron chi connectivity index (χ2n) is 8.33. The number of carbonyl (C=O) groups excluding carboxylic acids is 1. The quantitative estimate of drug-likeness (QED) is 0.598. The highest BCUT2D eigenvalue weighted by Crippen LogP contribution is 2.34. The van der Waals surface area contributed by atoms with E-state index < -0.39 is 0 Å². The second-order valence-corrected chi connectivity index (χ2v) is 8.33. The number of urea groups is 1. The molecule has 0 unspecified atom stereocenters. The van der Waals surface area contributed by atoms with Gasteiger partial charge in [0.25, 0.3) is 0 Å². The SMILES string of the molecule is CCNC(=O)Nc1ccc(-c2nc3c(c(N4CCOCC4)n2)CN(c2cc(C)ncn2)C3)cc1. The van der Waals surface area contributed by atoms with Gasteiger partial charge >= 0.3 is 6.03 Å². The van der Waals surface area contributed by atoms with Crippen molar-refractivity contribution in [1.82, 2.24) is 25.3 Å². The Morgan fingerprint density at radius 1 is 1.06 bits per heavy atom. The zero-order valence-electron chi connectivity index (χ0n) is 19.4. The van der Waals surface area contributed by atoms with Gasteiger partial charge < -0.3 is 25.2 Å². The summed E-state index contributed by atoms with van der Waals surface area (Å²) in [5.74, 6) is 2.52. The largest absolute Gasteiger partial charge is 0.378 e. The summed E-state index contributed by atoms with van der Waals surface area (Å²) in [4.78, 5) is 34.9. The average Bonchev–Trinajstić information content (AvgIpc) is 3.29. The van der Waals surface area contributed by atoms with Crippen LogP contribution in [0, 0.1) is 6.92 Å². The van der Waals surface area contributed by atoms with Crippen molar-refractivity contribution in [2.45, 2.75) is 26.9 Å². The van der Waals surface area contributed by atoms with Crippen LogP contribution in [0.15, 0.2) is 36.7 Å². The lowest BCUT2D eigenvalue weighted by atomic mass is 10.1. The number of rotatable bonds is 5. The van der Waals surface area contributed by atoms with Crippen molar-refractivity contribution in [3.05, 3.63) is 53.6 Å². The minimum atomic E-state index is -0.223. The summed E-state index contributed by atoms with van der Waals surface area (Å²) in [6, 6.07) is 9.38. The number of hydrogen-bond acceptors (Lipinski definition) is 8. The van der Waals surface area contributed by atoms with E-state index >= 15 is 0 Å². The van der Waals surface area contributed by atoms with Gasteiger partial charge in [0.1, 0.15) is 18.0 Å². The van der Waals surface area contributed by atoms with Crippen LogP contribution in [0.2, 0.25) is 0 Å². The number of aromatic nitrogens is 4. The summed E-state index contributed by atoms with van der Waals surface area (Å²) in [5, 5.41) is 5.55. The molecule has 0 bridgehead atoms. The Kier molecular flexibility index (Phi) is 6.22. The molecular weight excluding hydrogens is 432 g/mol. The summed E-state index contributed by atoms with van der Waals surface area (Å²) < 4.78 is 5.57. The maximum Gasteiger partial charge on any atom is 0.319 e. The third kappa shape index (κ3) is 4.62. The average molecular weight is 461 g/mol. The van der Waals surface area contributed by atoms with Gasteiger partial charge in [-0.2, -0.15) is 0 Å². The lowest BCUT2D eigenvalue weighted by Crippen LogP contribution is -2.37. The van der Waals surface area contributed by atoms with Gasteiger partial charge in [-0.15, -0.1) is 0 Å². The van der Waals surface area contributed by atoms with E-state index in [1.807, 2.05) is 44.2 Å². The summed E-state index contributed by atoms with van der Waals surface area (Å²) in [7, 11) is 0. The zero-order chi connectivity index (χ0) is 23.5. The highest BCUT2D eigenvalue weighted by Gasteiger charge is 2.29. The van der Waals surface area contributed by atoms with E-state index in [1.54, 1.807) is 6.33 Å². The summed E-state index contributed by atoms with van der Waals surface area (Å²) in [6.45, 7) is 8.75. The first-order valence-electron chi connectivity index (χ1n) is 11.5. The smallest absolute Gasteiger partial charge is 0.319 e. The molecule has 1 aromatic carbocycles. The number of nitrogens with zero attached hydrogens (tertiary/aromatic N) is 6. The highest BCUT2D eigenvalue weighted by atomic mass is 16.5. The minimum absolute atomic E-state index is 0.223. The first-order chi connectivity index (χ1) is 16.6. The van der Waals surface area contributed by atoms with Crippen molar-refractivity contribution in [3.8, 4) is 11.4 Å². The molecule has 2 aromatic heterocycles. The summed E-state index contributed by atoms with van der Waals surface area (Å²) in [6.07, 6.45) is 1.60. The predicted octanol–water partition coefficient (Wildman–Crippen LogP) is 2.74. The van der Waals surface area contributed by atoms with Gasteiger partial charge in [0.15, 0.2) is 5.82 Å². The van der Waals surface area contributed by atoms with Gasteiger partial charge in [0.05, 0.1) is 32.0 Å². The Morgan fingerprint density at radius 2 is 1.85 bits per heavy atom. The normalized spacial score (nSPS) is 15.2. The van der Waals surface area contributed by atoms with Crippen molar-refractivity contribution in [2.75, 3.05) is 48.0 Å². The topological polar surface area (TPSA) is 108 Å². The lowest BCUT2D eigenvalue weighted by Gasteiger charge is -2.29. The number of aryl methyl sites for hydroxylation is 1. The molecule has 0 aliphatic carbocycles. The third-order valence-corrected chi connectivity index (χ3v) is 5.92. The third-order valence-electron chi connectivity index (χ3n) is 5.92. The van der Waals surface area contributed by atoms with Crippen molar-refractivity contribution in [2.24, 2.45) is 0 Å². The number of amides is 2. The van der Waals surface area contributed by atoms with Crippen LogP contribution in [0.4, 0.5) is 22.1 Å². The molecule has 5 rings (SSSR count). The number of nitrogens with one attached hydrogen (secondary N) is 2. The van der Waals surface area contributed by atoms with Crippen molar-refractivity contribution < 1.29 is 9.53 Å². The number of benzene rings is 1. The van der Waals surface area contributed by atoms with E-state index in [-0.39, 0.29) is 6.03 Å². The fourth-order valence-electron chi connectivity index (χ4n) is 4.22. The molecule has 34 heavy (non-hydrogen) atoms. The molecular formula is C24H28N8O2. The summed E-state index contributed by atoms with van der Waals surface area (Å²) in [5.41, 5.74) is 4.69. The molecule has 176 valence electrons. The van der Waals surface area contributed by atoms with Gasteiger partial charge in [0.2, 0.25) is 0 Å². The Labute approximate surface area is 198 Å². The number of morpholine rings is 1. The van der Waals surface area contributed by atoms with Gasteiger partial charge in [0, 0.05) is 48.2 Å². The predicted molar refractivity (Wildman–Crippen MR) is 130 cm³/mol. The number of ether oxygens (including phenoxy) is 1.